The highest BCUT2D eigenvalue weighted by atomic mass is 35.5. The predicted octanol–water partition coefficient (Wildman–Crippen LogP) is 2.11. The van der Waals surface area contributed by atoms with Crippen LogP contribution in [0.4, 0.5) is 5.69 Å². The van der Waals surface area contributed by atoms with Crippen molar-refractivity contribution in [2.24, 2.45) is 5.73 Å². The molecule has 0 aliphatic carbocycles. The highest BCUT2D eigenvalue weighted by Crippen LogP contribution is 2.29. The summed E-state index contributed by atoms with van der Waals surface area (Å²) in [5, 5.41) is 3.91. The first kappa shape index (κ1) is 10.6. The summed E-state index contributed by atoms with van der Waals surface area (Å²) in [5.41, 5.74) is 7.99. The van der Waals surface area contributed by atoms with Gasteiger partial charge in [-0.25, -0.2) is 0 Å². The lowest BCUT2D eigenvalue weighted by molar-refractivity contribution is 0.875. The highest BCUT2D eigenvalue weighted by Gasteiger charge is 2.08. The van der Waals surface area contributed by atoms with Gasteiger partial charge in [0.1, 0.15) is 11.0 Å². The fourth-order valence-corrected chi connectivity index (χ4v) is 2.07. The van der Waals surface area contributed by atoms with Gasteiger partial charge in [-0.3, -0.25) is 0 Å². The van der Waals surface area contributed by atoms with Gasteiger partial charge < -0.3 is 11.1 Å². The maximum Gasteiger partial charge on any atom is 0.129 e. The van der Waals surface area contributed by atoms with Crippen molar-refractivity contribution in [1.29, 1.82) is 0 Å². The van der Waals surface area contributed by atoms with Crippen molar-refractivity contribution in [3.8, 4) is 0 Å². The SMILES string of the molecule is NCCCNc1c(Cl)ccc2nsnc12. The van der Waals surface area contributed by atoms with Crippen LogP contribution in [0.15, 0.2) is 12.1 Å². The largest absolute Gasteiger partial charge is 0.382 e. The molecular formula is C9H11ClN4S. The molecular weight excluding hydrogens is 232 g/mol. The van der Waals surface area contributed by atoms with Gasteiger partial charge in [-0.05, 0) is 25.1 Å². The molecule has 0 radical (unpaired) electrons. The van der Waals surface area contributed by atoms with E-state index < -0.39 is 0 Å². The van der Waals surface area contributed by atoms with Crippen LogP contribution in [0.3, 0.4) is 0 Å². The van der Waals surface area contributed by atoms with Crippen LogP contribution < -0.4 is 11.1 Å². The maximum atomic E-state index is 6.08. The van der Waals surface area contributed by atoms with Gasteiger partial charge in [-0.15, -0.1) is 0 Å². The smallest absolute Gasteiger partial charge is 0.129 e. The molecule has 3 N–H and O–H groups in total. The number of fused-ring (bicyclic) bond motifs is 1. The second kappa shape index (κ2) is 4.74. The third kappa shape index (κ3) is 2.19. The van der Waals surface area contributed by atoms with Gasteiger partial charge in [-0.2, -0.15) is 8.75 Å². The van der Waals surface area contributed by atoms with E-state index in [0.29, 0.717) is 11.6 Å². The van der Waals surface area contributed by atoms with Crippen LogP contribution in [0, 0.1) is 0 Å². The summed E-state index contributed by atoms with van der Waals surface area (Å²) in [4.78, 5) is 0. The Bertz CT molecular complexity index is 456. The van der Waals surface area contributed by atoms with Gasteiger partial charge in [0.2, 0.25) is 0 Å². The van der Waals surface area contributed by atoms with Crippen LogP contribution in [-0.2, 0) is 0 Å². The third-order valence-electron chi connectivity index (χ3n) is 2.06. The van der Waals surface area contributed by atoms with Crippen molar-refractivity contribution in [2.45, 2.75) is 6.42 Å². The molecule has 0 aliphatic rings. The first-order valence-electron chi connectivity index (χ1n) is 4.67. The molecule has 15 heavy (non-hydrogen) atoms. The lowest BCUT2D eigenvalue weighted by atomic mass is 10.2. The van der Waals surface area contributed by atoms with E-state index in [0.717, 1.165) is 29.7 Å². The van der Waals surface area contributed by atoms with E-state index in [1.54, 1.807) is 0 Å². The Morgan fingerprint density at radius 2 is 2.27 bits per heavy atom. The quantitative estimate of drug-likeness (QED) is 0.806. The summed E-state index contributed by atoms with van der Waals surface area (Å²) in [6.45, 7) is 1.46. The molecule has 0 spiro atoms. The number of aromatic nitrogens is 2. The predicted molar refractivity (Wildman–Crippen MR) is 64.6 cm³/mol. The van der Waals surface area contributed by atoms with Crippen LogP contribution in [-0.4, -0.2) is 21.8 Å². The van der Waals surface area contributed by atoms with Gasteiger partial charge in [0.05, 0.1) is 22.4 Å². The van der Waals surface area contributed by atoms with Crippen LogP contribution >= 0.6 is 23.3 Å². The van der Waals surface area contributed by atoms with E-state index in [9.17, 15) is 0 Å². The Morgan fingerprint density at radius 1 is 1.40 bits per heavy atom. The van der Waals surface area contributed by atoms with Crippen LogP contribution in [0.25, 0.3) is 11.0 Å². The van der Waals surface area contributed by atoms with Gasteiger partial charge in [0.15, 0.2) is 0 Å². The molecule has 0 saturated carbocycles. The lowest BCUT2D eigenvalue weighted by Crippen LogP contribution is -2.08. The number of nitrogens with two attached hydrogens (primary N) is 1. The van der Waals surface area contributed by atoms with Crippen molar-refractivity contribution in [3.63, 3.8) is 0 Å². The maximum absolute atomic E-state index is 6.08. The monoisotopic (exact) mass is 242 g/mol. The number of rotatable bonds is 4. The average molecular weight is 243 g/mol. The van der Waals surface area contributed by atoms with Crippen LogP contribution in [0.5, 0.6) is 0 Å². The van der Waals surface area contributed by atoms with Crippen molar-refractivity contribution in [1.82, 2.24) is 8.75 Å². The molecule has 80 valence electrons. The number of hydrogen-bond acceptors (Lipinski definition) is 5. The minimum atomic E-state index is 0.663. The van der Waals surface area contributed by atoms with E-state index in [2.05, 4.69) is 14.1 Å². The molecule has 1 aromatic carbocycles. The van der Waals surface area contributed by atoms with Gasteiger partial charge in [0, 0.05) is 6.54 Å². The molecule has 2 rings (SSSR count). The third-order valence-corrected chi connectivity index (χ3v) is 2.92. The van der Waals surface area contributed by atoms with Gasteiger partial charge in [-0.1, -0.05) is 11.6 Å². The van der Waals surface area contributed by atoms with E-state index >= 15 is 0 Å². The zero-order chi connectivity index (χ0) is 10.7. The Balaban J connectivity index is 2.30. The molecule has 0 bridgehead atoms. The molecule has 0 atom stereocenters. The number of anilines is 1. The minimum absolute atomic E-state index is 0.663. The molecule has 4 nitrogen and oxygen atoms in total. The van der Waals surface area contributed by atoms with Crippen LogP contribution in [0.2, 0.25) is 5.02 Å². The zero-order valence-electron chi connectivity index (χ0n) is 8.03. The van der Waals surface area contributed by atoms with Crippen molar-refractivity contribution >= 4 is 40.0 Å². The van der Waals surface area contributed by atoms with E-state index in [-0.39, 0.29) is 0 Å². The lowest BCUT2D eigenvalue weighted by Gasteiger charge is -2.07. The van der Waals surface area contributed by atoms with Gasteiger partial charge in [0.25, 0.3) is 0 Å². The summed E-state index contributed by atoms with van der Waals surface area (Å²) < 4.78 is 8.37. The molecule has 0 saturated heterocycles. The molecule has 0 aliphatic heterocycles. The summed E-state index contributed by atoms with van der Waals surface area (Å²) in [5.74, 6) is 0. The molecule has 1 heterocycles. The minimum Gasteiger partial charge on any atom is -0.382 e. The number of halogens is 1. The molecule has 0 amide bonds. The fourth-order valence-electron chi connectivity index (χ4n) is 1.31. The van der Waals surface area contributed by atoms with E-state index in [1.807, 2.05) is 12.1 Å². The Kier molecular flexibility index (Phi) is 3.35. The Morgan fingerprint density at radius 3 is 3.07 bits per heavy atom. The number of benzene rings is 1. The van der Waals surface area contributed by atoms with Crippen molar-refractivity contribution in [3.05, 3.63) is 17.2 Å². The van der Waals surface area contributed by atoms with Crippen molar-refractivity contribution in [2.75, 3.05) is 18.4 Å². The average Bonchev–Trinajstić information content (AvgIpc) is 2.69. The van der Waals surface area contributed by atoms with Crippen molar-refractivity contribution < 1.29 is 0 Å². The first-order valence-corrected chi connectivity index (χ1v) is 5.78. The summed E-state index contributed by atoms with van der Waals surface area (Å²) in [6.07, 6.45) is 0.907. The molecule has 0 fully saturated rings. The zero-order valence-corrected chi connectivity index (χ0v) is 9.61. The summed E-state index contributed by atoms with van der Waals surface area (Å²) >= 11 is 7.27. The standard InChI is InChI=1S/C9H11ClN4S/c10-6-2-3-7-9(14-15-13-7)8(6)12-5-1-4-11/h2-3,12H,1,4-5,11H2. The second-order valence-corrected chi connectivity index (χ2v) is 4.06. The molecule has 1 aromatic heterocycles. The van der Waals surface area contributed by atoms with Gasteiger partial charge >= 0.3 is 0 Å². The van der Waals surface area contributed by atoms with Crippen LogP contribution in [0.1, 0.15) is 6.42 Å². The normalized spacial score (nSPS) is 10.8. The first-order chi connectivity index (χ1) is 7.33. The second-order valence-electron chi connectivity index (χ2n) is 3.12. The topological polar surface area (TPSA) is 63.8 Å². The molecule has 2 aromatic rings. The Hall–Kier alpha value is -0.910. The molecule has 6 heteroatoms. The number of hydrogen-bond donors (Lipinski definition) is 2. The number of nitrogens with one attached hydrogen (secondary N) is 1. The summed E-state index contributed by atoms with van der Waals surface area (Å²) in [7, 11) is 0. The highest BCUT2D eigenvalue weighted by molar-refractivity contribution is 7.00. The van der Waals surface area contributed by atoms with E-state index in [4.69, 9.17) is 17.3 Å². The van der Waals surface area contributed by atoms with E-state index in [1.165, 1.54) is 11.7 Å². The number of nitrogens with zero attached hydrogens (tertiary/aromatic N) is 2. The molecule has 0 unspecified atom stereocenters. The Labute approximate surface area is 96.8 Å². The summed E-state index contributed by atoms with van der Waals surface area (Å²) in [6, 6.07) is 3.70. The fraction of sp³-hybridized carbons (Fsp3) is 0.333.